The minimum absolute atomic E-state index is 0.126. The fourth-order valence-corrected chi connectivity index (χ4v) is 5.58. The summed E-state index contributed by atoms with van der Waals surface area (Å²) in [5.41, 5.74) is 0.718. The molecule has 4 rings (SSSR count). The molecule has 0 aromatic heterocycles. The summed E-state index contributed by atoms with van der Waals surface area (Å²) >= 11 is 3.38. The smallest absolute Gasteiger partial charge is 0.243 e. The van der Waals surface area contributed by atoms with Crippen LogP contribution in [-0.4, -0.2) is 51.2 Å². The first-order chi connectivity index (χ1) is 14.4. The van der Waals surface area contributed by atoms with Crippen LogP contribution in [0.5, 0.6) is 0 Å². The standard InChI is InChI=1S/C23H23BrN2O3S/c24-21-8-5-19(6-9-21)23(27)11-12-25-13-15-26(16-14-25)30(28,29)22-10-7-18-3-1-2-4-20(18)17-22/h1-10,17H,11-16H2/p+1. The van der Waals surface area contributed by atoms with Crippen molar-refractivity contribution in [1.29, 1.82) is 0 Å². The summed E-state index contributed by atoms with van der Waals surface area (Å²) < 4.78 is 28.7. The van der Waals surface area contributed by atoms with Crippen molar-refractivity contribution in [2.24, 2.45) is 0 Å². The number of Topliss-reactive ketones (excluding diaryl/α,β-unsaturated/α-hetero) is 1. The number of benzene rings is 3. The van der Waals surface area contributed by atoms with Crippen LogP contribution in [0.15, 0.2) is 76.1 Å². The molecular weight excluding hydrogens is 464 g/mol. The summed E-state index contributed by atoms with van der Waals surface area (Å²) in [6, 6.07) is 20.5. The highest BCUT2D eigenvalue weighted by Gasteiger charge is 2.30. The lowest BCUT2D eigenvalue weighted by molar-refractivity contribution is -0.903. The van der Waals surface area contributed by atoms with Crippen molar-refractivity contribution in [2.45, 2.75) is 11.3 Å². The van der Waals surface area contributed by atoms with Gasteiger partial charge in [-0.1, -0.05) is 58.4 Å². The van der Waals surface area contributed by atoms with Gasteiger partial charge in [0.1, 0.15) is 0 Å². The molecule has 1 fully saturated rings. The number of sulfonamides is 1. The van der Waals surface area contributed by atoms with Gasteiger partial charge in [-0.05, 0) is 35.0 Å². The molecule has 3 aromatic rings. The van der Waals surface area contributed by atoms with Gasteiger partial charge in [-0.3, -0.25) is 4.79 Å². The van der Waals surface area contributed by atoms with Gasteiger partial charge in [0, 0.05) is 10.0 Å². The Morgan fingerprint density at radius 3 is 2.30 bits per heavy atom. The van der Waals surface area contributed by atoms with Crippen LogP contribution < -0.4 is 4.90 Å². The van der Waals surface area contributed by atoms with Gasteiger partial charge in [-0.2, -0.15) is 4.31 Å². The lowest BCUT2D eigenvalue weighted by Gasteiger charge is -2.31. The van der Waals surface area contributed by atoms with E-state index in [2.05, 4.69) is 15.9 Å². The Morgan fingerprint density at radius 1 is 0.933 bits per heavy atom. The number of halogens is 1. The van der Waals surface area contributed by atoms with Crippen molar-refractivity contribution in [3.63, 3.8) is 0 Å². The summed E-state index contributed by atoms with van der Waals surface area (Å²) in [5.74, 6) is 0.126. The molecule has 1 saturated heterocycles. The number of nitrogens with one attached hydrogen (secondary N) is 1. The van der Waals surface area contributed by atoms with Crippen molar-refractivity contribution in [1.82, 2.24) is 4.31 Å². The van der Waals surface area contributed by atoms with E-state index >= 15 is 0 Å². The second kappa shape index (κ2) is 8.98. The van der Waals surface area contributed by atoms with Crippen LogP contribution in [0.1, 0.15) is 16.8 Å². The minimum atomic E-state index is -3.51. The number of ketones is 1. The number of piperazine rings is 1. The van der Waals surface area contributed by atoms with Gasteiger partial charge in [-0.25, -0.2) is 8.42 Å². The predicted octanol–water partition coefficient (Wildman–Crippen LogP) is 2.76. The first kappa shape index (κ1) is 21.2. The molecule has 0 radical (unpaired) electrons. The zero-order chi connectivity index (χ0) is 21.1. The second-order valence-corrected chi connectivity index (χ2v) is 10.4. The number of quaternary nitrogens is 1. The SMILES string of the molecule is O=C(CC[NH+]1CCN(S(=O)(=O)c2ccc3ccccc3c2)CC1)c1ccc(Br)cc1. The summed E-state index contributed by atoms with van der Waals surface area (Å²) in [6.45, 7) is 3.08. The Labute approximate surface area is 185 Å². The van der Waals surface area contributed by atoms with Gasteiger partial charge in [0.05, 0.1) is 44.0 Å². The molecule has 156 valence electrons. The fraction of sp³-hybridized carbons (Fsp3) is 0.261. The topological polar surface area (TPSA) is 58.9 Å². The molecule has 30 heavy (non-hydrogen) atoms. The molecule has 0 atom stereocenters. The van der Waals surface area contributed by atoms with Gasteiger partial charge in [0.15, 0.2) is 5.78 Å². The Hall–Kier alpha value is -2.06. The third-order valence-corrected chi connectivity index (χ3v) is 8.08. The summed E-state index contributed by atoms with van der Waals surface area (Å²) in [4.78, 5) is 14.0. The van der Waals surface area contributed by atoms with Crippen LogP contribution in [0, 0.1) is 0 Å². The highest BCUT2D eigenvalue weighted by molar-refractivity contribution is 9.10. The van der Waals surface area contributed by atoms with Gasteiger partial charge in [0.25, 0.3) is 0 Å². The van der Waals surface area contributed by atoms with Gasteiger partial charge < -0.3 is 4.90 Å². The van der Waals surface area contributed by atoms with E-state index in [0.29, 0.717) is 37.5 Å². The van der Waals surface area contributed by atoms with Crippen molar-refractivity contribution in [3.05, 3.63) is 76.8 Å². The van der Waals surface area contributed by atoms with Gasteiger partial charge >= 0.3 is 0 Å². The lowest BCUT2D eigenvalue weighted by atomic mass is 10.1. The molecule has 1 N–H and O–H groups in total. The normalized spacial score (nSPS) is 16.0. The first-order valence-corrected chi connectivity index (χ1v) is 12.3. The molecule has 0 unspecified atom stereocenters. The Bertz CT molecular complexity index is 1150. The Morgan fingerprint density at radius 2 is 1.60 bits per heavy atom. The lowest BCUT2D eigenvalue weighted by Crippen LogP contribution is -3.14. The Balaban J connectivity index is 1.35. The molecule has 1 heterocycles. The van der Waals surface area contributed by atoms with Crippen LogP contribution >= 0.6 is 15.9 Å². The molecule has 5 nitrogen and oxygen atoms in total. The predicted molar refractivity (Wildman–Crippen MR) is 121 cm³/mol. The van der Waals surface area contributed by atoms with Gasteiger partial charge in [0.2, 0.25) is 10.0 Å². The van der Waals surface area contributed by atoms with E-state index in [0.717, 1.165) is 27.4 Å². The monoisotopic (exact) mass is 487 g/mol. The molecular formula is C23H24BrN2O3S+. The highest BCUT2D eigenvalue weighted by atomic mass is 79.9. The van der Waals surface area contributed by atoms with Crippen molar-refractivity contribution >= 4 is 42.5 Å². The van der Waals surface area contributed by atoms with Crippen LogP contribution in [0.3, 0.4) is 0 Å². The molecule has 3 aromatic carbocycles. The Kier molecular flexibility index (Phi) is 6.34. The molecule has 7 heteroatoms. The molecule has 0 spiro atoms. The zero-order valence-corrected chi connectivity index (χ0v) is 19.0. The molecule has 1 aliphatic rings. The van der Waals surface area contributed by atoms with E-state index in [-0.39, 0.29) is 5.78 Å². The quantitative estimate of drug-likeness (QED) is 0.543. The van der Waals surface area contributed by atoms with E-state index in [4.69, 9.17) is 0 Å². The van der Waals surface area contributed by atoms with Crippen LogP contribution in [0.2, 0.25) is 0 Å². The van der Waals surface area contributed by atoms with E-state index in [1.165, 1.54) is 4.90 Å². The molecule has 0 bridgehead atoms. The van der Waals surface area contributed by atoms with Crippen molar-refractivity contribution < 1.29 is 18.1 Å². The van der Waals surface area contributed by atoms with Crippen LogP contribution in [-0.2, 0) is 10.0 Å². The minimum Gasteiger partial charge on any atom is -0.332 e. The molecule has 0 amide bonds. The third kappa shape index (κ3) is 4.64. The summed E-state index contributed by atoms with van der Waals surface area (Å²) in [5, 5.41) is 1.95. The highest BCUT2D eigenvalue weighted by Crippen LogP contribution is 2.22. The number of rotatable bonds is 6. The first-order valence-electron chi connectivity index (χ1n) is 10.0. The van der Waals surface area contributed by atoms with Gasteiger partial charge in [-0.15, -0.1) is 0 Å². The largest absolute Gasteiger partial charge is 0.332 e. The summed E-state index contributed by atoms with van der Waals surface area (Å²) in [6.07, 6.45) is 0.467. The third-order valence-electron chi connectivity index (χ3n) is 5.66. The van der Waals surface area contributed by atoms with E-state index in [1.54, 1.807) is 16.4 Å². The number of hydrogen-bond donors (Lipinski definition) is 1. The number of fused-ring (bicyclic) bond motifs is 1. The average molecular weight is 488 g/mol. The zero-order valence-electron chi connectivity index (χ0n) is 16.6. The van der Waals surface area contributed by atoms with E-state index in [9.17, 15) is 13.2 Å². The van der Waals surface area contributed by atoms with Crippen LogP contribution in [0.25, 0.3) is 10.8 Å². The average Bonchev–Trinajstić information content (AvgIpc) is 2.78. The summed E-state index contributed by atoms with van der Waals surface area (Å²) in [7, 11) is -3.51. The molecule has 0 aliphatic carbocycles. The maximum atomic E-state index is 13.1. The molecule has 0 saturated carbocycles. The maximum absolute atomic E-state index is 13.1. The second-order valence-electron chi connectivity index (χ2n) is 7.59. The van der Waals surface area contributed by atoms with E-state index < -0.39 is 10.0 Å². The fourth-order valence-electron chi connectivity index (χ4n) is 3.84. The van der Waals surface area contributed by atoms with Crippen molar-refractivity contribution in [3.8, 4) is 0 Å². The number of nitrogens with zero attached hydrogens (tertiary/aromatic N) is 1. The van der Waals surface area contributed by atoms with Crippen LogP contribution in [0.4, 0.5) is 0 Å². The van der Waals surface area contributed by atoms with E-state index in [1.807, 2.05) is 54.6 Å². The number of carbonyl (C=O) groups excluding carboxylic acids is 1. The maximum Gasteiger partial charge on any atom is 0.243 e. The van der Waals surface area contributed by atoms with Crippen molar-refractivity contribution in [2.75, 3.05) is 32.7 Å². The number of hydrogen-bond acceptors (Lipinski definition) is 3. The molecule has 1 aliphatic heterocycles. The number of carbonyl (C=O) groups is 1.